The molecule has 0 unspecified atom stereocenters. The molecule has 4 heterocycles. The highest BCUT2D eigenvalue weighted by Crippen LogP contribution is 2.42. The summed E-state index contributed by atoms with van der Waals surface area (Å²) in [6, 6.07) is 32.9. The van der Waals surface area contributed by atoms with Gasteiger partial charge < -0.3 is 19.5 Å². The van der Waals surface area contributed by atoms with E-state index < -0.39 is 6.29 Å². The first-order valence-corrected chi connectivity index (χ1v) is 17.8. The minimum absolute atomic E-state index is 0.0119. The first kappa shape index (κ1) is 33.9. The highest BCUT2D eigenvalue weighted by atomic mass is 16.7. The lowest BCUT2D eigenvalue weighted by atomic mass is 9.89. The van der Waals surface area contributed by atoms with Crippen molar-refractivity contribution in [2.75, 3.05) is 37.6 Å². The third-order valence-corrected chi connectivity index (χ3v) is 10.4. The Morgan fingerprint density at radius 3 is 2.08 bits per heavy atom. The molecular weight excluding hydrogens is 654 g/mol. The van der Waals surface area contributed by atoms with Crippen LogP contribution in [0.2, 0.25) is 0 Å². The maximum absolute atomic E-state index is 13.1. The van der Waals surface area contributed by atoms with Crippen LogP contribution in [0.15, 0.2) is 116 Å². The molecule has 0 saturated carbocycles. The maximum Gasteiger partial charge on any atom is 0.261 e. The van der Waals surface area contributed by atoms with Crippen LogP contribution in [0.5, 0.6) is 0 Å². The normalized spacial score (nSPS) is 22.1. The lowest BCUT2D eigenvalue weighted by Gasteiger charge is -2.44. The van der Waals surface area contributed by atoms with E-state index in [1.165, 1.54) is 4.90 Å². The maximum atomic E-state index is 13.1. The zero-order chi connectivity index (χ0) is 35.6. The van der Waals surface area contributed by atoms with Gasteiger partial charge in [0, 0.05) is 56.6 Å². The van der Waals surface area contributed by atoms with Gasteiger partial charge in [-0.3, -0.25) is 19.4 Å². The van der Waals surface area contributed by atoms with Crippen molar-refractivity contribution >= 4 is 17.8 Å². The Bertz CT molecular complexity index is 2020. The molecule has 10 nitrogen and oxygen atoms in total. The number of aromatic nitrogens is 2. The van der Waals surface area contributed by atoms with E-state index in [-0.39, 0.29) is 43.1 Å². The highest BCUT2D eigenvalue weighted by Gasteiger charge is 2.40. The molecule has 264 valence electrons. The van der Waals surface area contributed by atoms with Gasteiger partial charge in [0.25, 0.3) is 11.8 Å². The molecule has 2 fully saturated rings. The monoisotopic (exact) mass is 695 g/mol. The fourth-order valence-corrected chi connectivity index (χ4v) is 7.45. The molecule has 0 aliphatic carbocycles. The lowest BCUT2D eigenvalue weighted by Crippen LogP contribution is -2.51. The van der Waals surface area contributed by atoms with Gasteiger partial charge in [0.2, 0.25) is 5.95 Å². The molecule has 0 bridgehead atoms. The summed E-state index contributed by atoms with van der Waals surface area (Å²) < 4.78 is 13.6. The topological polar surface area (TPSA) is 108 Å². The summed E-state index contributed by atoms with van der Waals surface area (Å²) in [5.74, 6) is 0.291. The molecule has 1 N–H and O–H groups in total. The third kappa shape index (κ3) is 6.86. The average Bonchev–Trinajstić information content (AvgIpc) is 3.44. The number of amides is 2. The Kier molecular flexibility index (Phi) is 9.62. The van der Waals surface area contributed by atoms with Crippen molar-refractivity contribution in [2.45, 2.75) is 38.6 Å². The van der Waals surface area contributed by atoms with Gasteiger partial charge in [-0.15, -0.1) is 0 Å². The van der Waals surface area contributed by atoms with Crippen LogP contribution in [0.1, 0.15) is 62.3 Å². The molecule has 4 aromatic carbocycles. The summed E-state index contributed by atoms with van der Waals surface area (Å²) in [5.41, 5.74) is 6.51. The number of piperazine rings is 1. The van der Waals surface area contributed by atoms with Gasteiger partial charge in [-0.25, -0.2) is 9.97 Å². The van der Waals surface area contributed by atoms with E-state index in [1.54, 1.807) is 36.7 Å². The van der Waals surface area contributed by atoms with Crippen molar-refractivity contribution in [3.05, 3.63) is 149 Å². The predicted octanol–water partition coefficient (Wildman–Crippen LogP) is 6.05. The second kappa shape index (κ2) is 14.8. The summed E-state index contributed by atoms with van der Waals surface area (Å²) in [6.07, 6.45) is 2.63. The summed E-state index contributed by atoms with van der Waals surface area (Å²) in [4.78, 5) is 41.0. The molecule has 3 aliphatic rings. The number of ether oxygens (including phenoxy) is 2. The number of carbonyl (C=O) groups excluding carboxylic acids is 2. The number of anilines is 1. The van der Waals surface area contributed by atoms with Gasteiger partial charge in [-0.1, -0.05) is 79.7 Å². The van der Waals surface area contributed by atoms with Crippen molar-refractivity contribution in [3.8, 4) is 11.1 Å². The molecule has 8 rings (SSSR count). The summed E-state index contributed by atoms with van der Waals surface area (Å²) in [6.45, 7) is 6.55. The van der Waals surface area contributed by atoms with E-state index in [0.717, 1.165) is 72.1 Å². The van der Waals surface area contributed by atoms with Crippen LogP contribution in [0.25, 0.3) is 11.1 Å². The van der Waals surface area contributed by atoms with Gasteiger partial charge in [0.1, 0.15) is 0 Å². The summed E-state index contributed by atoms with van der Waals surface area (Å²) in [5, 5.41) is 9.67. The fourth-order valence-electron chi connectivity index (χ4n) is 7.45. The second-order valence-corrected chi connectivity index (χ2v) is 13.7. The lowest BCUT2D eigenvalue weighted by molar-refractivity contribution is -0.276. The van der Waals surface area contributed by atoms with E-state index in [4.69, 9.17) is 9.47 Å². The zero-order valence-electron chi connectivity index (χ0n) is 29.0. The smallest absolute Gasteiger partial charge is 0.261 e. The first-order chi connectivity index (χ1) is 25.4. The SMILES string of the molecule is C[C@@H]1[C@H](CN2CCN(c3ncccn3)CC2)O[C@H](c2cccc(-c3cccc(CN4C(=O)c5ccccc5C4=O)c3)c2)O[C@@H]1c1ccc(CO)cc1. The van der Waals surface area contributed by atoms with Gasteiger partial charge >= 0.3 is 0 Å². The minimum atomic E-state index is -0.607. The Labute approximate surface area is 303 Å². The van der Waals surface area contributed by atoms with Crippen molar-refractivity contribution in [1.29, 1.82) is 0 Å². The number of benzene rings is 4. The van der Waals surface area contributed by atoms with Crippen molar-refractivity contribution in [2.24, 2.45) is 5.92 Å². The number of hydrogen-bond acceptors (Lipinski definition) is 9. The van der Waals surface area contributed by atoms with Crippen LogP contribution in [0.4, 0.5) is 5.95 Å². The molecule has 3 aliphatic heterocycles. The highest BCUT2D eigenvalue weighted by molar-refractivity contribution is 6.21. The van der Waals surface area contributed by atoms with E-state index in [1.807, 2.05) is 66.7 Å². The van der Waals surface area contributed by atoms with Crippen molar-refractivity contribution < 1.29 is 24.2 Å². The molecule has 52 heavy (non-hydrogen) atoms. The predicted molar refractivity (Wildman–Crippen MR) is 196 cm³/mol. The van der Waals surface area contributed by atoms with Gasteiger partial charge in [0.05, 0.1) is 36.5 Å². The standard InChI is InChI=1S/C42H41N5O5/c1-28-37(26-45-19-21-46(22-20-45)42-43-17-6-18-44-42)51-41(52-38(28)31-15-13-29(27-48)14-16-31)34-10-5-9-33(24-34)32-8-4-7-30(23-32)25-47-39(49)35-11-2-3-12-36(35)40(47)50/h2-18,23-24,28,37-38,41,48H,19-22,25-27H2,1H3/t28-,37+,38+,41+/m1/s1. The van der Waals surface area contributed by atoms with Crippen molar-refractivity contribution in [1.82, 2.24) is 19.8 Å². The Balaban J connectivity index is 1.02. The number of imide groups is 1. The number of nitrogens with zero attached hydrogens (tertiary/aromatic N) is 5. The number of carbonyl (C=O) groups is 2. The molecule has 0 radical (unpaired) electrons. The number of hydrogen-bond donors (Lipinski definition) is 1. The fraction of sp³-hybridized carbons (Fsp3) is 0.286. The summed E-state index contributed by atoms with van der Waals surface area (Å²) >= 11 is 0. The number of aliphatic hydroxyl groups excluding tert-OH is 1. The molecule has 5 aromatic rings. The number of fused-ring (bicyclic) bond motifs is 1. The van der Waals surface area contributed by atoms with Crippen LogP contribution in [0.3, 0.4) is 0 Å². The van der Waals surface area contributed by atoms with Crippen LogP contribution in [-0.4, -0.2) is 75.5 Å². The second-order valence-electron chi connectivity index (χ2n) is 13.7. The molecule has 10 heteroatoms. The van der Waals surface area contributed by atoms with Crippen molar-refractivity contribution in [3.63, 3.8) is 0 Å². The van der Waals surface area contributed by atoms with E-state index >= 15 is 0 Å². The van der Waals surface area contributed by atoms with E-state index in [2.05, 4.69) is 38.8 Å². The van der Waals surface area contributed by atoms with E-state index in [9.17, 15) is 14.7 Å². The Morgan fingerprint density at radius 1 is 0.712 bits per heavy atom. The number of aliphatic hydroxyl groups is 1. The molecule has 1 aromatic heterocycles. The van der Waals surface area contributed by atoms with Gasteiger partial charge in [-0.05, 0) is 58.1 Å². The van der Waals surface area contributed by atoms with Crippen LogP contribution in [0, 0.1) is 5.92 Å². The average molecular weight is 696 g/mol. The third-order valence-electron chi connectivity index (χ3n) is 10.4. The van der Waals surface area contributed by atoms with Crippen LogP contribution >= 0.6 is 0 Å². The molecule has 4 atom stereocenters. The number of rotatable bonds is 9. The van der Waals surface area contributed by atoms with E-state index in [0.29, 0.717) is 11.1 Å². The van der Waals surface area contributed by atoms with Gasteiger partial charge in [0.15, 0.2) is 6.29 Å². The first-order valence-electron chi connectivity index (χ1n) is 17.8. The minimum Gasteiger partial charge on any atom is -0.392 e. The Hall–Kier alpha value is -5.26. The van der Waals surface area contributed by atoms with Crippen LogP contribution < -0.4 is 4.90 Å². The Morgan fingerprint density at radius 2 is 1.38 bits per heavy atom. The molecule has 2 saturated heterocycles. The zero-order valence-corrected chi connectivity index (χ0v) is 29.0. The summed E-state index contributed by atoms with van der Waals surface area (Å²) in [7, 11) is 0. The quantitative estimate of drug-likeness (QED) is 0.185. The largest absolute Gasteiger partial charge is 0.392 e. The van der Waals surface area contributed by atoms with Crippen LogP contribution in [-0.2, 0) is 22.6 Å². The molecular formula is C42H41N5O5. The molecule has 0 spiro atoms. The van der Waals surface area contributed by atoms with Gasteiger partial charge in [-0.2, -0.15) is 0 Å². The molecule has 2 amide bonds.